The predicted molar refractivity (Wildman–Crippen MR) is 98.8 cm³/mol. The average Bonchev–Trinajstić information content (AvgIpc) is 3.03. The van der Waals surface area contributed by atoms with E-state index in [2.05, 4.69) is 0 Å². The van der Waals surface area contributed by atoms with Crippen LogP contribution < -0.4 is 0 Å². The molecule has 4 rings (SSSR count). The van der Waals surface area contributed by atoms with Crippen molar-refractivity contribution in [2.75, 3.05) is 20.2 Å². The monoisotopic (exact) mass is 366 g/mol. The maximum atomic E-state index is 13.1. The fraction of sp³-hybridized carbons (Fsp3) is 0.333. The van der Waals surface area contributed by atoms with Gasteiger partial charge in [0.25, 0.3) is 5.91 Å². The molecule has 0 aliphatic carbocycles. The fourth-order valence-corrected chi connectivity index (χ4v) is 3.75. The summed E-state index contributed by atoms with van der Waals surface area (Å²) in [6.07, 6.45) is -0.934. The Kier molecular flexibility index (Phi) is 4.92. The molecule has 1 unspecified atom stereocenters. The molecule has 27 heavy (non-hydrogen) atoms. The van der Waals surface area contributed by atoms with Crippen molar-refractivity contribution >= 4 is 11.8 Å². The van der Waals surface area contributed by atoms with Gasteiger partial charge < -0.3 is 19.3 Å². The Balaban J connectivity index is 1.59. The van der Waals surface area contributed by atoms with Crippen molar-refractivity contribution in [2.45, 2.75) is 25.0 Å². The van der Waals surface area contributed by atoms with Crippen LogP contribution in [-0.4, -0.2) is 60.2 Å². The minimum Gasteiger partial charge on any atom is -0.354 e. The summed E-state index contributed by atoms with van der Waals surface area (Å²) in [7, 11) is 1.55. The number of likely N-dealkylation sites (tertiary alicyclic amines) is 1. The van der Waals surface area contributed by atoms with E-state index in [1.165, 1.54) is 0 Å². The highest BCUT2D eigenvalue weighted by Crippen LogP contribution is 2.29. The van der Waals surface area contributed by atoms with Crippen LogP contribution in [0.25, 0.3) is 0 Å². The van der Waals surface area contributed by atoms with Gasteiger partial charge in [-0.1, -0.05) is 48.5 Å². The van der Waals surface area contributed by atoms with Gasteiger partial charge in [-0.15, -0.1) is 0 Å². The van der Waals surface area contributed by atoms with E-state index in [0.717, 1.165) is 5.56 Å². The molecule has 2 saturated heterocycles. The molecule has 0 N–H and O–H groups in total. The Morgan fingerprint density at radius 1 is 1.07 bits per heavy atom. The number of hydrogen-bond donors (Lipinski definition) is 0. The topological polar surface area (TPSA) is 59.1 Å². The lowest BCUT2D eigenvalue weighted by molar-refractivity contribution is -0.198. The number of methoxy groups -OCH3 is 1. The zero-order valence-electron chi connectivity index (χ0n) is 15.2. The van der Waals surface area contributed by atoms with E-state index in [1.54, 1.807) is 29.0 Å². The highest BCUT2D eigenvalue weighted by atomic mass is 16.7. The van der Waals surface area contributed by atoms with E-state index in [-0.39, 0.29) is 18.4 Å². The first-order chi connectivity index (χ1) is 13.2. The number of benzene rings is 2. The molecule has 0 saturated carbocycles. The number of nitrogens with zero attached hydrogens (tertiary/aromatic N) is 2. The largest absolute Gasteiger partial charge is 0.354 e. The number of hydrogen-bond acceptors (Lipinski definition) is 4. The summed E-state index contributed by atoms with van der Waals surface area (Å²) in [5, 5.41) is 0. The van der Waals surface area contributed by atoms with Crippen molar-refractivity contribution in [3.8, 4) is 0 Å². The first-order valence-electron chi connectivity index (χ1n) is 9.04. The van der Waals surface area contributed by atoms with Crippen LogP contribution in [0, 0.1) is 0 Å². The fourth-order valence-electron chi connectivity index (χ4n) is 3.75. The van der Waals surface area contributed by atoms with Crippen LogP contribution in [-0.2, 0) is 20.8 Å². The van der Waals surface area contributed by atoms with E-state index in [9.17, 15) is 9.59 Å². The van der Waals surface area contributed by atoms with E-state index in [0.29, 0.717) is 18.7 Å². The highest BCUT2D eigenvalue weighted by Gasteiger charge is 2.50. The minimum atomic E-state index is -0.618. The molecule has 2 aliphatic rings. The molecule has 0 spiro atoms. The molecule has 140 valence electrons. The molecule has 2 fully saturated rings. The molecule has 3 atom stereocenters. The number of rotatable bonds is 4. The minimum absolute atomic E-state index is 0.0808. The summed E-state index contributed by atoms with van der Waals surface area (Å²) in [5.41, 5.74) is 1.61. The Hall–Kier alpha value is -2.70. The number of carbonyl (C=O) groups excluding carboxylic acids is 2. The van der Waals surface area contributed by atoms with Gasteiger partial charge in [0.05, 0.1) is 6.54 Å². The van der Waals surface area contributed by atoms with Crippen LogP contribution in [0.2, 0.25) is 0 Å². The summed E-state index contributed by atoms with van der Waals surface area (Å²) < 4.78 is 11.3. The molecule has 2 aromatic carbocycles. The van der Waals surface area contributed by atoms with Crippen LogP contribution in [0.15, 0.2) is 60.7 Å². The third-order valence-corrected chi connectivity index (χ3v) is 5.09. The zero-order valence-corrected chi connectivity index (χ0v) is 15.2. The molecule has 2 aromatic rings. The van der Waals surface area contributed by atoms with Gasteiger partial charge in [0, 0.05) is 25.8 Å². The smallest absolute Gasteiger partial charge is 0.254 e. The van der Waals surface area contributed by atoms with E-state index < -0.39 is 18.4 Å². The van der Waals surface area contributed by atoms with Gasteiger partial charge in [-0.25, -0.2) is 0 Å². The molecular formula is C21H22N2O4. The third-order valence-electron chi connectivity index (χ3n) is 5.09. The van der Waals surface area contributed by atoms with Gasteiger partial charge in [-0.05, 0) is 17.7 Å². The summed E-state index contributed by atoms with van der Waals surface area (Å²) in [6.45, 7) is 1.17. The number of ether oxygens (including phenoxy) is 2. The van der Waals surface area contributed by atoms with Crippen molar-refractivity contribution in [3.63, 3.8) is 0 Å². The Labute approximate surface area is 158 Å². The molecule has 2 amide bonds. The number of amides is 2. The van der Waals surface area contributed by atoms with Crippen molar-refractivity contribution < 1.29 is 19.1 Å². The molecule has 6 nitrogen and oxygen atoms in total. The lowest BCUT2D eigenvalue weighted by atomic mass is 10.1. The summed E-state index contributed by atoms with van der Waals surface area (Å²) in [4.78, 5) is 29.5. The second-order valence-electron chi connectivity index (χ2n) is 6.81. The van der Waals surface area contributed by atoms with Gasteiger partial charge in [0.15, 0.2) is 6.29 Å². The number of fused-ring (bicyclic) bond motifs is 1. The first-order valence-corrected chi connectivity index (χ1v) is 9.04. The van der Waals surface area contributed by atoms with E-state index in [4.69, 9.17) is 9.47 Å². The molecule has 6 heteroatoms. The Morgan fingerprint density at radius 2 is 1.74 bits per heavy atom. The molecular weight excluding hydrogens is 344 g/mol. The van der Waals surface area contributed by atoms with Gasteiger partial charge >= 0.3 is 0 Å². The maximum Gasteiger partial charge on any atom is 0.254 e. The van der Waals surface area contributed by atoms with Gasteiger partial charge in [-0.3, -0.25) is 9.59 Å². The van der Waals surface area contributed by atoms with Crippen LogP contribution in [0.1, 0.15) is 15.9 Å². The SMILES string of the molecule is CO[C@H]1CN(C(=O)c2ccccc2)C2C(=O)N(Cc3ccccc3)C[C@H]2O1. The number of carbonyl (C=O) groups is 2. The Morgan fingerprint density at radius 3 is 2.41 bits per heavy atom. The van der Waals surface area contributed by atoms with Crippen LogP contribution in [0.4, 0.5) is 0 Å². The standard InChI is InChI=1S/C21H22N2O4/c1-26-18-14-23(20(24)16-10-6-3-7-11-16)19-17(27-18)13-22(21(19)25)12-15-8-4-2-5-9-15/h2-11,17-19H,12-14H2,1H3/t17-,18-,19?/m1/s1. The van der Waals surface area contributed by atoms with E-state index in [1.807, 2.05) is 48.5 Å². The second-order valence-corrected chi connectivity index (χ2v) is 6.81. The first kappa shape index (κ1) is 17.7. The summed E-state index contributed by atoms with van der Waals surface area (Å²) in [5.74, 6) is -0.256. The molecule has 0 radical (unpaired) electrons. The van der Waals surface area contributed by atoms with Crippen molar-refractivity contribution in [1.82, 2.24) is 9.80 Å². The molecule has 2 aliphatic heterocycles. The van der Waals surface area contributed by atoms with E-state index >= 15 is 0 Å². The van der Waals surface area contributed by atoms with Gasteiger partial charge in [-0.2, -0.15) is 0 Å². The van der Waals surface area contributed by atoms with Crippen LogP contribution in [0.3, 0.4) is 0 Å². The Bertz CT molecular complexity index is 811. The van der Waals surface area contributed by atoms with Gasteiger partial charge in [0.2, 0.25) is 5.91 Å². The second kappa shape index (κ2) is 7.50. The van der Waals surface area contributed by atoms with Crippen LogP contribution in [0.5, 0.6) is 0 Å². The third kappa shape index (κ3) is 3.46. The normalized spacial score (nSPS) is 24.8. The molecule has 0 aromatic heterocycles. The van der Waals surface area contributed by atoms with Crippen molar-refractivity contribution in [1.29, 1.82) is 0 Å². The highest BCUT2D eigenvalue weighted by molar-refractivity contribution is 5.98. The maximum absolute atomic E-state index is 13.1. The zero-order chi connectivity index (χ0) is 18.8. The van der Waals surface area contributed by atoms with Crippen molar-refractivity contribution in [3.05, 3.63) is 71.8 Å². The van der Waals surface area contributed by atoms with Crippen molar-refractivity contribution in [2.24, 2.45) is 0 Å². The predicted octanol–water partition coefficient (Wildman–Crippen LogP) is 1.91. The lowest BCUT2D eigenvalue weighted by Gasteiger charge is -2.39. The molecule has 2 heterocycles. The average molecular weight is 366 g/mol. The van der Waals surface area contributed by atoms with Crippen LogP contribution >= 0.6 is 0 Å². The summed E-state index contributed by atoms with van der Waals surface area (Å²) >= 11 is 0. The lowest BCUT2D eigenvalue weighted by Crippen LogP contribution is -2.58. The summed E-state index contributed by atoms with van der Waals surface area (Å²) in [6, 6.07) is 18.2. The number of morpholine rings is 1. The van der Waals surface area contributed by atoms with Gasteiger partial charge in [0.1, 0.15) is 12.1 Å². The molecule has 0 bridgehead atoms. The quantitative estimate of drug-likeness (QED) is 0.829.